The molecule has 0 bridgehead atoms. The molecule has 17 heavy (non-hydrogen) atoms. The van der Waals surface area contributed by atoms with E-state index in [-0.39, 0.29) is 0 Å². The van der Waals surface area contributed by atoms with Crippen molar-refractivity contribution in [2.45, 2.75) is 6.92 Å². The quantitative estimate of drug-likeness (QED) is 0.764. The minimum Gasteiger partial charge on any atom is -0.382 e. The van der Waals surface area contributed by atoms with Crippen LogP contribution < -0.4 is 5.32 Å². The minimum absolute atomic E-state index is 0.795. The van der Waals surface area contributed by atoms with Gasteiger partial charge < -0.3 is 5.32 Å². The van der Waals surface area contributed by atoms with Crippen LogP contribution >= 0.6 is 0 Å². The molecular weight excluding hydrogens is 206 g/mol. The van der Waals surface area contributed by atoms with Crippen molar-refractivity contribution in [3.8, 4) is 11.1 Å². The van der Waals surface area contributed by atoms with Gasteiger partial charge in [0.25, 0.3) is 0 Å². The molecule has 2 aromatic rings. The normalized spacial score (nSPS) is 9.94. The van der Waals surface area contributed by atoms with Crippen molar-refractivity contribution >= 4 is 5.69 Å². The van der Waals surface area contributed by atoms with Gasteiger partial charge in [-0.1, -0.05) is 48.0 Å². The van der Waals surface area contributed by atoms with Crippen molar-refractivity contribution in [2.75, 3.05) is 11.9 Å². The monoisotopic (exact) mass is 223 g/mol. The van der Waals surface area contributed by atoms with E-state index in [1.165, 1.54) is 16.7 Å². The molecule has 0 amide bonds. The van der Waals surface area contributed by atoms with Crippen molar-refractivity contribution in [3.05, 3.63) is 66.7 Å². The van der Waals surface area contributed by atoms with Crippen LogP contribution in [0.2, 0.25) is 0 Å². The van der Waals surface area contributed by atoms with E-state index >= 15 is 0 Å². The van der Waals surface area contributed by atoms with Crippen LogP contribution in [0.4, 0.5) is 5.69 Å². The third kappa shape index (κ3) is 2.97. The summed E-state index contributed by atoms with van der Waals surface area (Å²) in [5.74, 6) is 0. The van der Waals surface area contributed by atoms with Crippen molar-refractivity contribution in [1.29, 1.82) is 0 Å². The maximum absolute atomic E-state index is 3.69. The summed E-state index contributed by atoms with van der Waals surface area (Å²) in [5, 5.41) is 3.27. The molecule has 0 heterocycles. The highest BCUT2D eigenvalue weighted by Crippen LogP contribution is 2.22. The summed E-state index contributed by atoms with van der Waals surface area (Å²) in [6.07, 6.45) is 1.86. The van der Waals surface area contributed by atoms with Gasteiger partial charge in [-0.2, -0.15) is 0 Å². The second-order valence-electron chi connectivity index (χ2n) is 4.12. The van der Waals surface area contributed by atoms with Gasteiger partial charge in [0.1, 0.15) is 0 Å². The summed E-state index contributed by atoms with van der Waals surface area (Å²) in [5.41, 5.74) is 4.93. The first kappa shape index (κ1) is 11.5. The first-order chi connectivity index (χ1) is 8.29. The Kier molecular flexibility index (Phi) is 3.61. The summed E-state index contributed by atoms with van der Waals surface area (Å²) in [6, 6.07) is 17.0. The van der Waals surface area contributed by atoms with E-state index in [1.807, 2.05) is 6.08 Å². The summed E-state index contributed by atoms with van der Waals surface area (Å²) in [7, 11) is 0. The fourth-order valence-corrected chi connectivity index (χ4v) is 1.80. The number of anilines is 1. The topological polar surface area (TPSA) is 12.0 Å². The zero-order chi connectivity index (χ0) is 12.1. The smallest absolute Gasteiger partial charge is 0.0343 e. The molecule has 0 spiro atoms. The first-order valence-electron chi connectivity index (χ1n) is 5.81. The van der Waals surface area contributed by atoms with Crippen LogP contribution in [0.1, 0.15) is 5.56 Å². The number of aryl methyl sites for hydroxylation is 1. The number of hydrogen-bond donors (Lipinski definition) is 1. The van der Waals surface area contributed by atoms with Crippen molar-refractivity contribution in [1.82, 2.24) is 0 Å². The SMILES string of the molecule is C=CCNc1ccc(-c2cccc(C)c2)cc1. The lowest BCUT2D eigenvalue weighted by Crippen LogP contribution is -1.96. The molecule has 0 aromatic heterocycles. The Balaban J connectivity index is 2.20. The fourth-order valence-electron chi connectivity index (χ4n) is 1.80. The molecule has 1 nitrogen and oxygen atoms in total. The predicted octanol–water partition coefficient (Wildman–Crippen LogP) is 4.26. The molecule has 0 radical (unpaired) electrons. The highest BCUT2D eigenvalue weighted by molar-refractivity contribution is 5.66. The van der Waals surface area contributed by atoms with Crippen molar-refractivity contribution in [2.24, 2.45) is 0 Å². The fraction of sp³-hybridized carbons (Fsp3) is 0.125. The molecule has 0 unspecified atom stereocenters. The molecule has 0 saturated heterocycles. The van der Waals surface area contributed by atoms with Gasteiger partial charge in [-0.3, -0.25) is 0 Å². The maximum atomic E-state index is 3.69. The zero-order valence-corrected chi connectivity index (χ0v) is 10.1. The Morgan fingerprint density at radius 1 is 1.06 bits per heavy atom. The van der Waals surface area contributed by atoms with E-state index in [0.29, 0.717) is 0 Å². The highest BCUT2D eigenvalue weighted by Gasteiger charge is 1.97. The highest BCUT2D eigenvalue weighted by atomic mass is 14.8. The third-order valence-corrected chi connectivity index (χ3v) is 2.69. The molecule has 0 aliphatic carbocycles. The average molecular weight is 223 g/mol. The van der Waals surface area contributed by atoms with Gasteiger partial charge >= 0.3 is 0 Å². The van der Waals surface area contributed by atoms with Gasteiger partial charge in [-0.05, 0) is 30.2 Å². The van der Waals surface area contributed by atoms with Gasteiger partial charge in [-0.25, -0.2) is 0 Å². The standard InChI is InChI=1S/C16H17N/c1-3-11-17-16-9-7-14(8-10-16)15-6-4-5-13(2)12-15/h3-10,12,17H,1,11H2,2H3. The van der Waals surface area contributed by atoms with Gasteiger partial charge in [0.15, 0.2) is 0 Å². The van der Waals surface area contributed by atoms with Gasteiger partial charge in [0, 0.05) is 12.2 Å². The lowest BCUT2D eigenvalue weighted by atomic mass is 10.0. The summed E-state index contributed by atoms with van der Waals surface area (Å²) >= 11 is 0. The second-order valence-corrected chi connectivity index (χ2v) is 4.12. The predicted molar refractivity (Wildman–Crippen MR) is 75.3 cm³/mol. The molecule has 1 N–H and O–H groups in total. The first-order valence-corrected chi connectivity index (χ1v) is 5.81. The van der Waals surface area contributed by atoms with E-state index in [1.54, 1.807) is 0 Å². The molecule has 86 valence electrons. The number of benzene rings is 2. The van der Waals surface area contributed by atoms with Crippen molar-refractivity contribution in [3.63, 3.8) is 0 Å². The van der Waals surface area contributed by atoms with E-state index in [4.69, 9.17) is 0 Å². The van der Waals surface area contributed by atoms with E-state index in [0.717, 1.165) is 12.2 Å². The van der Waals surface area contributed by atoms with Crippen LogP contribution in [0.5, 0.6) is 0 Å². The Hall–Kier alpha value is -2.02. The second kappa shape index (κ2) is 5.35. The Labute approximate surface area is 103 Å². The van der Waals surface area contributed by atoms with Crippen molar-refractivity contribution < 1.29 is 0 Å². The molecule has 0 fully saturated rings. The Morgan fingerprint density at radius 2 is 1.82 bits per heavy atom. The van der Waals surface area contributed by atoms with Crippen LogP contribution in [0.15, 0.2) is 61.2 Å². The van der Waals surface area contributed by atoms with Crippen LogP contribution in [-0.4, -0.2) is 6.54 Å². The van der Waals surface area contributed by atoms with E-state index < -0.39 is 0 Å². The number of nitrogens with one attached hydrogen (secondary N) is 1. The molecular formula is C16H17N. The van der Waals surface area contributed by atoms with Crippen LogP contribution in [-0.2, 0) is 0 Å². The molecule has 1 heteroatoms. The zero-order valence-electron chi connectivity index (χ0n) is 10.1. The summed E-state index contributed by atoms with van der Waals surface area (Å²) in [6.45, 7) is 6.60. The van der Waals surface area contributed by atoms with Crippen LogP contribution in [0.3, 0.4) is 0 Å². The van der Waals surface area contributed by atoms with E-state index in [2.05, 4.69) is 67.4 Å². The van der Waals surface area contributed by atoms with Gasteiger partial charge in [0.05, 0.1) is 0 Å². The molecule has 2 rings (SSSR count). The van der Waals surface area contributed by atoms with Crippen LogP contribution in [0, 0.1) is 6.92 Å². The molecule has 0 aliphatic rings. The lowest BCUT2D eigenvalue weighted by molar-refractivity contribution is 1.34. The van der Waals surface area contributed by atoms with Gasteiger partial charge in [-0.15, -0.1) is 6.58 Å². The molecule has 0 saturated carbocycles. The maximum Gasteiger partial charge on any atom is 0.0343 e. The Morgan fingerprint density at radius 3 is 2.47 bits per heavy atom. The summed E-state index contributed by atoms with van der Waals surface area (Å²) in [4.78, 5) is 0. The summed E-state index contributed by atoms with van der Waals surface area (Å²) < 4.78 is 0. The number of rotatable bonds is 4. The molecule has 2 aromatic carbocycles. The molecule has 0 atom stereocenters. The average Bonchev–Trinajstić information content (AvgIpc) is 2.37. The van der Waals surface area contributed by atoms with Gasteiger partial charge in [0.2, 0.25) is 0 Å². The minimum atomic E-state index is 0.795. The largest absolute Gasteiger partial charge is 0.382 e. The van der Waals surface area contributed by atoms with E-state index in [9.17, 15) is 0 Å². The molecule has 0 aliphatic heterocycles. The number of hydrogen-bond acceptors (Lipinski definition) is 1. The lowest BCUT2D eigenvalue weighted by Gasteiger charge is -2.06. The third-order valence-electron chi connectivity index (χ3n) is 2.69. The Bertz CT molecular complexity index is 497. The van der Waals surface area contributed by atoms with Crippen LogP contribution in [0.25, 0.3) is 11.1 Å².